The van der Waals surface area contributed by atoms with E-state index in [4.69, 9.17) is 16.3 Å². The SMILES string of the molecule is CC1CC(NC(=O)NCC(C)(O)c2ccccc2Cl)CC(C)O1. The van der Waals surface area contributed by atoms with Crippen molar-refractivity contribution in [3.8, 4) is 0 Å². The molecule has 2 rings (SSSR count). The number of benzene rings is 1. The summed E-state index contributed by atoms with van der Waals surface area (Å²) in [6, 6.07) is 6.87. The molecule has 1 aromatic rings. The fourth-order valence-electron chi connectivity index (χ4n) is 3.01. The molecule has 3 atom stereocenters. The molecule has 6 heteroatoms. The first-order valence-corrected chi connectivity index (χ1v) is 8.33. The lowest BCUT2D eigenvalue weighted by Crippen LogP contribution is -2.50. The lowest BCUT2D eigenvalue weighted by atomic mass is 9.96. The quantitative estimate of drug-likeness (QED) is 0.789. The Morgan fingerprint density at radius 3 is 2.57 bits per heavy atom. The molecule has 2 amide bonds. The van der Waals surface area contributed by atoms with Gasteiger partial charge in [0.1, 0.15) is 5.60 Å². The van der Waals surface area contributed by atoms with Crippen LogP contribution in [0.3, 0.4) is 0 Å². The Hall–Kier alpha value is -1.30. The largest absolute Gasteiger partial charge is 0.384 e. The van der Waals surface area contributed by atoms with Crippen LogP contribution in [-0.2, 0) is 10.3 Å². The predicted molar refractivity (Wildman–Crippen MR) is 90.6 cm³/mol. The monoisotopic (exact) mass is 340 g/mol. The number of carbonyl (C=O) groups excluding carboxylic acids is 1. The van der Waals surface area contributed by atoms with Gasteiger partial charge in [0.2, 0.25) is 0 Å². The lowest BCUT2D eigenvalue weighted by molar-refractivity contribution is -0.0403. The van der Waals surface area contributed by atoms with Gasteiger partial charge in [-0.25, -0.2) is 4.79 Å². The van der Waals surface area contributed by atoms with Gasteiger partial charge in [0.05, 0.1) is 18.8 Å². The molecule has 3 unspecified atom stereocenters. The van der Waals surface area contributed by atoms with Gasteiger partial charge in [0.25, 0.3) is 0 Å². The Kier molecular flexibility index (Phi) is 5.89. The summed E-state index contributed by atoms with van der Waals surface area (Å²) in [5.41, 5.74) is -0.637. The Bertz CT molecular complexity index is 540. The van der Waals surface area contributed by atoms with E-state index in [1.807, 2.05) is 13.8 Å². The maximum absolute atomic E-state index is 12.1. The average molecular weight is 341 g/mol. The number of amides is 2. The topological polar surface area (TPSA) is 70.6 Å². The number of rotatable bonds is 4. The van der Waals surface area contributed by atoms with E-state index < -0.39 is 5.60 Å². The number of hydrogen-bond donors (Lipinski definition) is 3. The molecule has 0 spiro atoms. The second-order valence-electron chi connectivity index (χ2n) is 6.51. The van der Waals surface area contributed by atoms with Crippen molar-refractivity contribution in [1.82, 2.24) is 10.6 Å². The molecule has 0 bridgehead atoms. The summed E-state index contributed by atoms with van der Waals surface area (Å²) in [5, 5.41) is 16.7. The van der Waals surface area contributed by atoms with Gasteiger partial charge in [-0.3, -0.25) is 0 Å². The standard InChI is InChI=1S/C17H25ClN2O3/c1-11-8-13(9-12(2)23-11)20-16(21)19-10-17(3,22)14-6-4-5-7-15(14)18/h4-7,11-13,22H,8-10H2,1-3H3,(H2,19,20,21). The highest BCUT2D eigenvalue weighted by molar-refractivity contribution is 6.31. The van der Waals surface area contributed by atoms with Crippen molar-refractivity contribution in [3.05, 3.63) is 34.9 Å². The van der Waals surface area contributed by atoms with Crippen molar-refractivity contribution in [2.45, 2.75) is 57.5 Å². The van der Waals surface area contributed by atoms with Crippen molar-refractivity contribution in [2.75, 3.05) is 6.54 Å². The highest BCUT2D eigenvalue weighted by Crippen LogP contribution is 2.27. The van der Waals surface area contributed by atoms with Crippen LogP contribution in [0.25, 0.3) is 0 Å². The normalized spacial score (nSPS) is 27.1. The van der Waals surface area contributed by atoms with Crippen molar-refractivity contribution in [1.29, 1.82) is 0 Å². The first-order valence-electron chi connectivity index (χ1n) is 7.95. The van der Waals surface area contributed by atoms with Gasteiger partial charge < -0.3 is 20.5 Å². The average Bonchev–Trinajstić information content (AvgIpc) is 2.44. The zero-order chi connectivity index (χ0) is 17.0. The minimum atomic E-state index is -1.23. The number of hydrogen-bond acceptors (Lipinski definition) is 3. The van der Waals surface area contributed by atoms with E-state index in [9.17, 15) is 9.90 Å². The van der Waals surface area contributed by atoms with Crippen LogP contribution in [0, 0.1) is 0 Å². The van der Waals surface area contributed by atoms with E-state index in [-0.39, 0.29) is 30.8 Å². The van der Waals surface area contributed by atoms with Crippen molar-refractivity contribution in [3.63, 3.8) is 0 Å². The number of ether oxygens (including phenoxy) is 1. The smallest absolute Gasteiger partial charge is 0.315 e. The fourth-order valence-corrected chi connectivity index (χ4v) is 3.34. The van der Waals surface area contributed by atoms with Crippen LogP contribution in [0.4, 0.5) is 4.79 Å². The maximum Gasteiger partial charge on any atom is 0.315 e. The zero-order valence-corrected chi connectivity index (χ0v) is 14.6. The van der Waals surface area contributed by atoms with Gasteiger partial charge in [-0.2, -0.15) is 0 Å². The van der Waals surface area contributed by atoms with E-state index in [1.165, 1.54) is 0 Å². The maximum atomic E-state index is 12.1. The Morgan fingerprint density at radius 2 is 1.96 bits per heavy atom. The van der Waals surface area contributed by atoms with Crippen molar-refractivity contribution < 1.29 is 14.6 Å². The molecule has 0 aliphatic carbocycles. The Morgan fingerprint density at radius 1 is 1.35 bits per heavy atom. The Balaban J connectivity index is 1.87. The first-order chi connectivity index (χ1) is 10.8. The molecule has 1 heterocycles. The minimum Gasteiger partial charge on any atom is -0.384 e. The van der Waals surface area contributed by atoms with E-state index in [0.29, 0.717) is 10.6 Å². The summed E-state index contributed by atoms with van der Waals surface area (Å²) in [7, 11) is 0. The Labute approximate surface area is 142 Å². The summed E-state index contributed by atoms with van der Waals surface area (Å²) in [6.07, 6.45) is 1.85. The van der Waals surface area contributed by atoms with Crippen LogP contribution >= 0.6 is 11.6 Å². The summed E-state index contributed by atoms with van der Waals surface area (Å²) in [6.45, 7) is 5.72. The van der Waals surface area contributed by atoms with Crippen molar-refractivity contribution >= 4 is 17.6 Å². The molecule has 5 nitrogen and oxygen atoms in total. The first kappa shape index (κ1) is 18.0. The summed E-state index contributed by atoms with van der Waals surface area (Å²) >= 11 is 6.11. The summed E-state index contributed by atoms with van der Waals surface area (Å²) < 4.78 is 5.66. The van der Waals surface area contributed by atoms with Gasteiger partial charge in [-0.1, -0.05) is 29.8 Å². The van der Waals surface area contributed by atoms with Crippen molar-refractivity contribution in [2.24, 2.45) is 0 Å². The van der Waals surface area contributed by atoms with Gasteiger partial charge in [0, 0.05) is 16.6 Å². The molecular weight excluding hydrogens is 316 g/mol. The molecule has 128 valence electrons. The van der Waals surface area contributed by atoms with E-state index in [2.05, 4.69) is 10.6 Å². The number of urea groups is 1. The van der Waals surface area contributed by atoms with Crippen LogP contribution in [0.15, 0.2) is 24.3 Å². The molecule has 0 aromatic heterocycles. The lowest BCUT2D eigenvalue weighted by Gasteiger charge is -2.33. The second kappa shape index (κ2) is 7.51. The van der Waals surface area contributed by atoms with Crippen LogP contribution in [0.1, 0.15) is 39.2 Å². The molecule has 1 aromatic carbocycles. The van der Waals surface area contributed by atoms with E-state index in [1.54, 1.807) is 31.2 Å². The van der Waals surface area contributed by atoms with Crippen LogP contribution in [-0.4, -0.2) is 35.9 Å². The van der Waals surface area contributed by atoms with E-state index >= 15 is 0 Å². The number of carbonyl (C=O) groups is 1. The van der Waals surface area contributed by atoms with Gasteiger partial charge in [-0.15, -0.1) is 0 Å². The third kappa shape index (κ3) is 5.09. The van der Waals surface area contributed by atoms with Crippen LogP contribution in [0.2, 0.25) is 5.02 Å². The molecule has 23 heavy (non-hydrogen) atoms. The molecule has 1 saturated heterocycles. The molecule has 0 saturated carbocycles. The second-order valence-corrected chi connectivity index (χ2v) is 6.91. The highest BCUT2D eigenvalue weighted by atomic mass is 35.5. The molecule has 0 radical (unpaired) electrons. The highest BCUT2D eigenvalue weighted by Gasteiger charge is 2.28. The number of nitrogens with one attached hydrogen (secondary N) is 2. The third-order valence-electron chi connectivity index (χ3n) is 4.08. The predicted octanol–water partition coefficient (Wildman–Crippen LogP) is 2.80. The van der Waals surface area contributed by atoms with Crippen LogP contribution < -0.4 is 10.6 Å². The molecule has 1 aliphatic rings. The molecule has 3 N–H and O–H groups in total. The number of halogens is 1. The third-order valence-corrected chi connectivity index (χ3v) is 4.41. The molecule has 1 aliphatic heterocycles. The number of aliphatic hydroxyl groups is 1. The van der Waals surface area contributed by atoms with Gasteiger partial charge >= 0.3 is 6.03 Å². The molecular formula is C17H25ClN2O3. The van der Waals surface area contributed by atoms with Gasteiger partial charge in [-0.05, 0) is 39.7 Å². The molecule has 1 fully saturated rings. The minimum absolute atomic E-state index is 0.0803. The summed E-state index contributed by atoms with van der Waals surface area (Å²) in [4.78, 5) is 12.1. The fraction of sp³-hybridized carbons (Fsp3) is 0.588. The summed E-state index contributed by atoms with van der Waals surface area (Å²) in [5.74, 6) is 0. The zero-order valence-electron chi connectivity index (χ0n) is 13.8. The van der Waals surface area contributed by atoms with Gasteiger partial charge in [0.15, 0.2) is 0 Å². The van der Waals surface area contributed by atoms with E-state index in [0.717, 1.165) is 12.8 Å². The van der Waals surface area contributed by atoms with Crippen LogP contribution in [0.5, 0.6) is 0 Å².